The molecule has 0 saturated carbocycles. The Bertz CT molecular complexity index is 843. The molecule has 8 heteroatoms. The number of benzene rings is 2. The van der Waals surface area contributed by atoms with Gasteiger partial charge in [-0.2, -0.15) is 13.2 Å². The van der Waals surface area contributed by atoms with Crippen molar-refractivity contribution in [1.82, 2.24) is 5.32 Å². The van der Waals surface area contributed by atoms with E-state index in [4.69, 9.17) is 9.47 Å². The first kappa shape index (κ1) is 23.3. The van der Waals surface area contributed by atoms with Crippen molar-refractivity contribution in [3.05, 3.63) is 71.3 Å². The zero-order valence-electron chi connectivity index (χ0n) is 17.0. The minimum atomic E-state index is -4.48. The van der Waals surface area contributed by atoms with Gasteiger partial charge in [0.2, 0.25) is 0 Å². The lowest BCUT2D eigenvalue weighted by Crippen LogP contribution is -2.36. The van der Waals surface area contributed by atoms with E-state index < -0.39 is 35.4 Å². The fourth-order valence-electron chi connectivity index (χ4n) is 2.57. The first-order valence-corrected chi connectivity index (χ1v) is 9.30. The molecule has 1 amide bonds. The van der Waals surface area contributed by atoms with E-state index in [1.54, 1.807) is 45.0 Å². The lowest BCUT2D eigenvalue weighted by Gasteiger charge is -2.24. The average molecular weight is 423 g/mol. The van der Waals surface area contributed by atoms with Crippen LogP contribution in [0.15, 0.2) is 54.6 Å². The predicted molar refractivity (Wildman–Crippen MR) is 104 cm³/mol. The van der Waals surface area contributed by atoms with E-state index in [2.05, 4.69) is 5.32 Å². The van der Waals surface area contributed by atoms with Crippen molar-refractivity contribution in [2.24, 2.45) is 0 Å². The van der Waals surface area contributed by atoms with E-state index in [0.29, 0.717) is 5.56 Å². The molecule has 0 heterocycles. The van der Waals surface area contributed by atoms with Crippen molar-refractivity contribution in [2.45, 2.75) is 51.6 Å². The summed E-state index contributed by atoms with van der Waals surface area (Å²) in [5.74, 6) is -0.611. The highest BCUT2D eigenvalue weighted by Crippen LogP contribution is 2.30. The van der Waals surface area contributed by atoms with E-state index in [0.717, 1.165) is 17.7 Å². The molecule has 1 N–H and O–H groups in total. The Morgan fingerprint density at radius 3 is 2.10 bits per heavy atom. The van der Waals surface area contributed by atoms with Gasteiger partial charge in [-0.3, -0.25) is 4.79 Å². The van der Waals surface area contributed by atoms with Crippen molar-refractivity contribution in [3.63, 3.8) is 0 Å². The van der Waals surface area contributed by atoms with Gasteiger partial charge in [-0.15, -0.1) is 0 Å². The molecule has 1 unspecified atom stereocenters. The van der Waals surface area contributed by atoms with Crippen molar-refractivity contribution in [3.8, 4) is 0 Å². The Morgan fingerprint density at radius 2 is 1.57 bits per heavy atom. The summed E-state index contributed by atoms with van der Waals surface area (Å²) in [6.07, 6.45) is -5.54. The Hall–Kier alpha value is -3.03. The summed E-state index contributed by atoms with van der Waals surface area (Å²) < 4.78 is 48.9. The SMILES string of the molecule is CC(C)(C)OC(=O)NC(CC(=O)OCc1ccccc1)c1ccc(C(F)(F)F)cc1. The topological polar surface area (TPSA) is 64.6 Å². The second-order valence-electron chi connectivity index (χ2n) is 7.67. The van der Waals surface area contributed by atoms with E-state index >= 15 is 0 Å². The van der Waals surface area contributed by atoms with Crippen molar-refractivity contribution in [2.75, 3.05) is 0 Å². The molecule has 0 aromatic heterocycles. The largest absolute Gasteiger partial charge is 0.461 e. The third-order valence-corrected chi connectivity index (χ3v) is 3.94. The summed E-state index contributed by atoms with van der Waals surface area (Å²) >= 11 is 0. The van der Waals surface area contributed by atoms with Crippen molar-refractivity contribution >= 4 is 12.1 Å². The molecule has 0 aliphatic heterocycles. The standard InChI is InChI=1S/C22H24F3NO4/c1-21(2,3)30-20(28)26-18(16-9-11-17(12-10-16)22(23,24)25)13-19(27)29-14-15-7-5-4-6-8-15/h4-12,18H,13-14H2,1-3H3,(H,26,28). The second kappa shape index (κ2) is 9.65. The molecule has 0 spiro atoms. The number of hydrogen-bond donors (Lipinski definition) is 1. The molecule has 0 radical (unpaired) electrons. The molecule has 0 fully saturated rings. The fourth-order valence-corrected chi connectivity index (χ4v) is 2.57. The maximum Gasteiger partial charge on any atom is 0.416 e. The van der Waals surface area contributed by atoms with E-state index in [-0.39, 0.29) is 13.0 Å². The Morgan fingerprint density at radius 1 is 0.967 bits per heavy atom. The van der Waals surface area contributed by atoms with Crippen LogP contribution in [0.3, 0.4) is 0 Å². The molecule has 1 atom stereocenters. The smallest absolute Gasteiger partial charge is 0.416 e. The van der Waals surface area contributed by atoms with Crippen LogP contribution >= 0.6 is 0 Å². The van der Waals surface area contributed by atoms with Crippen molar-refractivity contribution < 1.29 is 32.2 Å². The molecule has 30 heavy (non-hydrogen) atoms. The number of ether oxygens (including phenoxy) is 2. The van der Waals surface area contributed by atoms with Crippen LogP contribution in [-0.2, 0) is 27.1 Å². The molecule has 162 valence electrons. The molecule has 2 rings (SSSR count). The zero-order valence-corrected chi connectivity index (χ0v) is 17.0. The van der Waals surface area contributed by atoms with Gasteiger partial charge >= 0.3 is 18.2 Å². The van der Waals surface area contributed by atoms with Gasteiger partial charge in [-0.25, -0.2) is 4.79 Å². The van der Waals surface area contributed by atoms with Gasteiger partial charge in [0, 0.05) is 0 Å². The number of alkyl carbamates (subject to hydrolysis) is 1. The molecule has 0 bridgehead atoms. The Labute approximate surface area is 173 Å². The molecule has 0 aliphatic rings. The molecule has 0 aliphatic carbocycles. The Balaban J connectivity index is 2.12. The molecule has 2 aromatic carbocycles. The number of esters is 1. The quantitative estimate of drug-likeness (QED) is 0.632. The van der Waals surface area contributed by atoms with Crippen LogP contribution in [0.25, 0.3) is 0 Å². The Kier molecular flexibility index (Phi) is 7.48. The number of amides is 1. The van der Waals surface area contributed by atoms with Gasteiger partial charge in [0.25, 0.3) is 0 Å². The van der Waals surface area contributed by atoms with Gasteiger partial charge in [0.05, 0.1) is 18.0 Å². The number of carbonyl (C=O) groups is 2. The maximum atomic E-state index is 12.8. The minimum absolute atomic E-state index is 0.0475. The lowest BCUT2D eigenvalue weighted by molar-refractivity contribution is -0.145. The fraction of sp³-hybridized carbons (Fsp3) is 0.364. The monoisotopic (exact) mass is 423 g/mol. The summed E-state index contributed by atoms with van der Waals surface area (Å²) in [6, 6.07) is 12.3. The summed E-state index contributed by atoms with van der Waals surface area (Å²) in [6.45, 7) is 5.07. The summed E-state index contributed by atoms with van der Waals surface area (Å²) in [5.41, 5.74) is -0.487. The molecule has 5 nitrogen and oxygen atoms in total. The van der Waals surface area contributed by atoms with Crippen LogP contribution in [0.1, 0.15) is 49.9 Å². The number of rotatable bonds is 6. The van der Waals surface area contributed by atoms with Gasteiger partial charge in [0.15, 0.2) is 0 Å². The summed E-state index contributed by atoms with van der Waals surface area (Å²) in [7, 11) is 0. The number of halogens is 3. The van der Waals surface area contributed by atoms with Crippen LogP contribution in [0.5, 0.6) is 0 Å². The van der Waals surface area contributed by atoms with E-state index in [1.165, 1.54) is 12.1 Å². The lowest BCUT2D eigenvalue weighted by atomic mass is 10.0. The highest BCUT2D eigenvalue weighted by atomic mass is 19.4. The normalized spacial score (nSPS) is 12.7. The molecule has 2 aromatic rings. The van der Waals surface area contributed by atoms with Crippen LogP contribution in [0.2, 0.25) is 0 Å². The molecular weight excluding hydrogens is 399 g/mol. The van der Waals surface area contributed by atoms with E-state index in [1.807, 2.05) is 6.07 Å². The number of alkyl halides is 3. The van der Waals surface area contributed by atoms with Crippen LogP contribution < -0.4 is 5.32 Å². The van der Waals surface area contributed by atoms with Crippen LogP contribution in [0, 0.1) is 0 Å². The van der Waals surface area contributed by atoms with Gasteiger partial charge in [0.1, 0.15) is 12.2 Å². The molecular formula is C22H24F3NO4. The number of carbonyl (C=O) groups excluding carboxylic acids is 2. The zero-order chi connectivity index (χ0) is 22.4. The van der Waals surface area contributed by atoms with Gasteiger partial charge < -0.3 is 14.8 Å². The second-order valence-corrected chi connectivity index (χ2v) is 7.67. The first-order valence-electron chi connectivity index (χ1n) is 9.30. The maximum absolute atomic E-state index is 12.8. The highest BCUT2D eigenvalue weighted by Gasteiger charge is 2.31. The third-order valence-electron chi connectivity index (χ3n) is 3.94. The predicted octanol–water partition coefficient (Wildman–Crippen LogP) is 5.40. The minimum Gasteiger partial charge on any atom is -0.461 e. The summed E-state index contributed by atoms with van der Waals surface area (Å²) in [4.78, 5) is 24.5. The number of hydrogen-bond acceptors (Lipinski definition) is 4. The van der Waals surface area contributed by atoms with Gasteiger partial charge in [-0.1, -0.05) is 42.5 Å². The van der Waals surface area contributed by atoms with Gasteiger partial charge in [-0.05, 0) is 44.0 Å². The van der Waals surface area contributed by atoms with E-state index in [9.17, 15) is 22.8 Å². The third kappa shape index (κ3) is 7.77. The number of nitrogens with one attached hydrogen (secondary N) is 1. The first-order chi connectivity index (χ1) is 13.9. The average Bonchev–Trinajstić information content (AvgIpc) is 2.64. The van der Waals surface area contributed by atoms with Crippen LogP contribution in [-0.4, -0.2) is 17.7 Å². The van der Waals surface area contributed by atoms with Crippen molar-refractivity contribution in [1.29, 1.82) is 0 Å². The molecule has 0 saturated heterocycles. The summed E-state index contributed by atoms with van der Waals surface area (Å²) in [5, 5.41) is 2.53. The highest BCUT2D eigenvalue weighted by molar-refractivity contribution is 5.73. The van der Waals surface area contributed by atoms with Crippen LogP contribution in [0.4, 0.5) is 18.0 Å².